The molecule has 18 heavy (non-hydrogen) atoms. The third-order valence-electron chi connectivity index (χ3n) is 2.34. The van der Waals surface area contributed by atoms with E-state index in [1.807, 2.05) is 6.92 Å². The molecule has 0 saturated heterocycles. The van der Waals surface area contributed by atoms with E-state index in [9.17, 15) is 18.0 Å². The van der Waals surface area contributed by atoms with Gasteiger partial charge >= 0.3 is 12.2 Å². The summed E-state index contributed by atoms with van der Waals surface area (Å²) in [5.74, 6) is 0. The Morgan fingerprint density at radius 3 is 2.56 bits per heavy atom. The first-order valence-corrected chi connectivity index (χ1v) is 5.57. The molecular weight excluding hydrogens is 245 g/mol. The number of benzene rings is 1. The van der Waals surface area contributed by atoms with Gasteiger partial charge in [-0.15, -0.1) is 0 Å². The molecule has 1 aromatic carbocycles. The molecule has 0 spiro atoms. The summed E-state index contributed by atoms with van der Waals surface area (Å²) in [5, 5.41) is 4.89. The molecular formula is C12H15F3N2O. The first-order valence-electron chi connectivity index (χ1n) is 5.57. The molecule has 2 amide bonds. The third-order valence-corrected chi connectivity index (χ3v) is 2.34. The number of nitrogens with one attached hydrogen (secondary N) is 2. The molecule has 2 N–H and O–H groups in total. The molecule has 0 aliphatic carbocycles. The van der Waals surface area contributed by atoms with E-state index in [2.05, 4.69) is 10.6 Å². The smallest absolute Gasteiger partial charge is 0.338 e. The van der Waals surface area contributed by atoms with Crippen LogP contribution in [0.4, 0.5) is 23.7 Å². The highest BCUT2D eigenvalue weighted by Crippen LogP contribution is 2.33. The van der Waals surface area contributed by atoms with Crippen LogP contribution in [0.2, 0.25) is 0 Å². The normalized spacial score (nSPS) is 11.2. The van der Waals surface area contributed by atoms with Crippen LogP contribution in [-0.2, 0) is 6.18 Å². The maximum atomic E-state index is 12.6. The Kier molecular flexibility index (Phi) is 4.58. The van der Waals surface area contributed by atoms with Gasteiger partial charge in [-0.1, -0.05) is 13.0 Å². The van der Waals surface area contributed by atoms with E-state index in [1.165, 1.54) is 19.1 Å². The number of rotatable bonds is 3. The number of urea groups is 1. The van der Waals surface area contributed by atoms with E-state index < -0.39 is 17.8 Å². The Bertz CT molecular complexity index is 430. The highest BCUT2D eigenvalue weighted by Gasteiger charge is 2.32. The van der Waals surface area contributed by atoms with E-state index in [4.69, 9.17) is 0 Å². The molecule has 0 aromatic heterocycles. The van der Waals surface area contributed by atoms with E-state index >= 15 is 0 Å². The van der Waals surface area contributed by atoms with Gasteiger partial charge in [0.25, 0.3) is 0 Å². The summed E-state index contributed by atoms with van der Waals surface area (Å²) in [5.41, 5.74) is -0.487. The fourth-order valence-electron chi connectivity index (χ4n) is 1.42. The van der Waals surface area contributed by atoms with Crippen molar-refractivity contribution in [2.24, 2.45) is 0 Å². The Morgan fingerprint density at radius 1 is 1.33 bits per heavy atom. The molecule has 0 radical (unpaired) electrons. The maximum absolute atomic E-state index is 12.6. The summed E-state index contributed by atoms with van der Waals surface area (Å²) in [6, 6.07) is 3.20. The minimum absolute atomic E-state index is 0.126. The molecule has 3 nitrogen and oxygen atoms in total. The second-order valence-electron chi connectivity index (χ2n) is 3.91. The van der Waals surface area contributed by atoms with Gasteiger partial charge in [-0.3, -0.25) is 0 Å². The predicted molar refractivity (Wildman–Crippen MR) is 63.5 cm³/mol. The highest BCUT2D eigenvalue weighted by atomic mass is 19.4. The molecule has 0 unspecified atom stereocenters. The van der Waals surface area contributed by atoms with Gasteiger partial charge in [0.2, 0.25) is 0 Å². The predicted octanol–water partition coefficient (Wildman–Crippen LogP) is 3.55. The summed E-state index contributed by atoms with van der Waals surface area (Å²) in [6.45, 7) is 3.74. The lowest BCUT2D eigenvalue weighted by Crippen LogP contribution is -2.29. The average Bonchev–Trinajstić information content (AvgIpc) is 2.27. The first kappa shape index (κ1) is 14.3. The summed E-state index contributed by atoms with van der Waals surface area (Å²) < 4.78 is 37.9. The average molecular weight is 260 g/mol. The SMILES string of the molecule is CCCNC(=O)Nc1ccc(C)c(C(F)(F)F)c1. The number of anilines is 1. The molecule has 100 valence electrons. The van der Waals surface area contributed by atoms with Gasteiger partial charge in [-0.25, -0.2) is 4.79 Å². The maximum Gasteiger partial charge on any atom is 0.416 e. The van der Waals surface area contributed by atoms with E-state index in [0.29, 0.717) is 6.54 Å². The van der Waals surface area contributed by atoms with Crippen molar-refractivity contribution in [3.63, 3.8) is 0 Å². The van der Waals surface area contributed by atoms with Gasteiger partial charge in [0.05, 0.1) is 5.56 Å². The minimum atomic E-state index is -4.42. The Morgan fingerprint density at radius 2 is 2.00 bits per heavy atom. The zero-order valence-electron chi connectivity index (χ0n) is 10.2. The van der Waals surface area contributed by atoms with Gasteiger partial charge in [-0.2, -0.15) is 13.2 Å². The van der Waals surface area contributed by atoms with Gasteiger partial charge < -0.3 is 10.6 Å². The van der Waals surface area contributed by atoms with Crippen molar-refractivity contribution in [3.8, 4) is 0 Å². The van der Waals surface area contributed by atoms with Crippen molar-refractivity contribution < 1.29 is 18.0 Å². The summed E-state index contributed by atoms with van der Waals surface area (Å²) in [7, 11) is 0. The van der Waals surface area contributed by atoms with Crippen molar-refractivity contribution in [2.45, 2.75) is 26.4 Å². The first-order chi connectivity index (χ1) is 8.34. The fraction of sp³-hybridized carbons (Fsp3) is 0.417. The number of carbonyl (C=O) groups is 1. The Balaban J connectivity index is 2.83. The topological polar surface area (TPSA) is 41.1 Å². The van der Waals surface area contributed by atoms with Gasteiger partial charge in [0.1, 0.15) is 0 Å². The van der Waals surface area contributed by atoms with Crippen LogP contribution < -0.4 is 10.6 Å². The Hall–Kier alpha value is -1.72. The largest absolute Gasteiger partial charge is 0.416 e. The van der Waals surface area contributed by atoms with E-state index in [-0.39, 0.29) is 11.3 Å². The monoisotopic (exact) mass is 260 g/mol. The van der Waals surface area contributed by atoms with Crippen LogP contribution in [0.25, 0.3) is 0 Å². The number of hydrogen-bond acceptors (Lipinski definition) is 1. The van der Waals surface area contributed by atoms with Crippen molar-refractivity contribution >= 4 is 11.7 Å². The molecule has 0 bridgehead atoms. The summed E-state index contributed by atoms with van der Waals surface area (Å²) in [6.07, 6.45) is -3.66. The van der Waals surface area contributed by atoms with Crippen molar-refractivity contribution in [1.29, 1.82) is 0 Å². The number of hydrogen-bond donors (Lipinski definition) is 2. The highest BCUT2D eigenvalue weighted by molar-refractivity contribution is 5.89. The number of carbonyl (C=O) groups excluding carboxylic acids is 1. The van der Waals surface area contributed by atoms with Crippen LogP contribution in [0.15, 0.2) is 18.2 Å². The van der Waals surface area contributed by atoms with Crippen molar-refractivity contribution in [3.05, 3.63) is 29.3 Å². The Labute approximate surface area is 103 Å². The fourth-order valence-corrected chi connectivity index (χ4v) is 1.42. The van der Waals surface area contributed by atoms with Crippen molar-refractivity contribution in [2.75, 3.05) is 11.9 Å². The lowest BCUT2D eigenvalue weighted by atomic mass is 10.1. The van der Waals surface area contributed by atoms with Crippen LogP contribution in [0.1, 0.15) is 24.5 Å². The van der Waals surface area contributed by atoms with Crippen molar-refractivity contribution in [1.82, 2.24) is 5.32 Å². The minimum Gasteiger partial charge on any atom is -0.338 e. The molecule has 0 saturated carbocycles. The number of alkyl halides is 3. The lowest BCUT2D eigenvalue weighted by Gasteiger charge is -2.13. The van der Waals surface area contributed by atoms with Gasteiger partial charge in [0.15, 0.2) is 0 Å². The van der Waals surface area contributed by atoms with Crippen LogP contribution in [0.5, 0.6) is 0 Å². The van der Waals surface area contributed by atoms with E-state index in [0.717, 1.165) is 12.5 Å². The number of halogens is 3. The standard InChI is InChI=1S/C12H15F3N2O/c1-3-6-16-11(18)17-9-5-4-8(2)10(7-9)12(13,14)15/h4-5,7H,3,6H2,1-2H3,(H2,16,17,18). The molecule has 0 aliphatic heterocycles. The van der Waals surface area contributed by atoms with Crippen LogP contribution >= 0.6 is 0 Å². The van der Waals surface area contributed by atoms with Crippen LogP contribution in [0, 0.1) is 6.92 Å². The van der Waals surface area contributed by atoms with Gasteiger partial charge in [-0.05, 0) is 31.0 Å². The zero-order chi connectivity index (χ0) is 13.8. The van der Waals surface area contributed by atoms with E-state index in [1.54, 1.807) is 0 Å². The lowest BCUT2D eigenvalue weighted by molar-refractivity contribution is -0.138. The molecule has 0 fully saturated rings. The quantitative estimate of drug-likeness (QED) is 0.857. The second-order valence-corrected chi connectivity index (χ2v) is 3.91. The summed E-state index contributed by atoms with van der Waals surface area (Å²) in [4.78, 5) is 11.3. The molecule has 6 heteroatoms. The number of aryl methyl sites for hydroxylation is 1. The second kappa shape index (κ2) is 5.75. The summed E-state index contributed by atoms with van der Waals surface area (Å²) >= 11 is 0. The van der Waals surface area contributed by atoms with Gasteiger partial charge in [0, 0.05) is 12.2 Å². The van der Waals surface area contributed by atoms with Crippen LogP contribution in [0.3, 0.4) is 0 Å². The molecule has 0 heterocycles. The molecule has 1 aromatic rings. The molecule has 1 rings (SSSR count). The third kappa shape index (κ3) is 3.94. The van der Waals surface area contributed by atoms with Crippen LogP contribution in [-0.4, -0.2) is 12.6 Å². The molecule has 0 aliphatic rings. The number of amides is 2. The molecule has 0 atom stereocenters. The zero-order valence-corrected chi connectivity index (χ0v) is 10.2.